The molecule has 0 bridgehead atoms. The molecule has 0 aliphatic carbocycles. The second-order valence-electron chi connectivity index (χ2n) is 5.37. The number of nitrogens with zero attached hydrogens (tertiary/aromatic N) is 1. The Morgan fingerprint density at radius 3 is 2.63 bits per heavy atom. The van der Waals surface area contributed by atoms with Gasteiger partial charge in [-0.1, -0.05) is 13.3 Å². The molecule has 0 aromatic carbocycles. The molecule has 1 aromatic heterocycles. The number of carbonyl (C=O) groups is 1. The fourth-order valence-electron chi connectivity index (χ4n) is 1.87. The van der Waals surface area contributed by atoms with Crippen LogP contribution in [0.5, 0.6) is 0 Å². The first kappa shape index (κ1) is 16.1. The van der Waals surface area contributed by atoms with Crippen molar-refractivity contribution in [2.75, 3.05) is 0 Å². The summed E-state index contributed by atoms with van der Waals surface area (Å²) in [7, 11) is 0. The summed E-state index contributed by atoms with van der Waals surface area (Å²) in [5.74, 6) is 0.132. The molecule has 108 valence electrons. The van der Waals surface area contributed by atoms with Crippen molar-refractivity contribution in [3.63, 3.8) is 0 Å². The van der Waals surface area contributed by atoms with E-state index in [4.69, 9.17) is 5.73 Å². The predicted molar refractivity (Wildman–Crippen MR) is 80.1 cm³/mol. The highest BCUT2D eigenvalue weighted by atomic mass is 32.1. The number of hydrogen-bond donors (Lipinski definition) is 2. The quantitative estimate of drug-likeness (QED) is 0.808. The van der Waals surface area contributed by atoms with E-state index in [2.05, 4.69) is 10.3 Å². The van der Waals surface area contributed by atoms with Gasteiger partial charge in [0, 0.05) is 23.0 Å². The third-order valence-electron chi connectivity index (χ3n) is 3.11. The largest absolute Gasteiger partial charge is 0.347 e. The molecule has 0 radical (unpaired) electrons. The van der Waals surface area contributed by atoms with Gasteiger partial charge in [-0.15, -0.1) is 11.3 Å². The number of hydrogen-bond acceptors (Lipinski definition) is 4. The summed E-state index contributed by atoms with van der Waals surface area (Å²) >= 11 is 1.59. The van der Waals surface area contributed by atoms with Gasteiger partial charge in [-0.05, 0) is 33.6 Å². The molecular formula is C14H25N3OS. The number of thiazole rings is 1. The fourth-order valence-corrected chi connectivity index (χ4v) is 2.67. The zero-order valence-electron chi connectivity index (χ0n) is 12.3. The lowest BCUT2D eigenvalue weighted by Gasteiger charge is -2.16. The molecule has 0 saturated heterocycles. The van der Waals surface area contributed by atoms with Gasteiger partial charge in [-0.25, -0.2) is 4.98 Å². The van der Waals surface area contributed by atoms with E-state index in [1.807, 2.05) is 33.1 Å². The van der Waals surface area contributed by atoms with Crippen LogP contribution in [0.1, 0.15) is 56.8 Å². The van der Waals surface area contributed by atoms with Crippen LogP contribution in [0.25, 0.3) is 0 Å². The molecule has 1 aromatic rings. The Hall–Kier alpha value is -0.940. The number of rotatable bonds is 7. The molecule has 3 N–H and O–H groups in total. The van der Waals surface area contributed by atoms with E-state index in [1.165, 1.54) is 0 Å². The highest BCUT2D eigenvalue weighted by molar-refractivity contribution is 7.09. The molecular weight excluding hydrogens is 258 g/mol. The minimum Gasteiger partial charge on any atom is -0.347 e. The lowest BCUT2D eigenvalue weighted by Crippen LogP contribution is -2.31. The first-order chi connectivity index (χ1) is 8.90. The predicted octanol–water partition coefficient (Wildman–Crippen LogP) is 2.78. The van der Waals surface area contributed by atoms with Gasteiger partial charge in [0.15, 0.2) is 0 Å². The molecule has 3 atom stereocenters. The third kappa shape index (κ3) is 5.70. The van der Waals surface area contributed by atoms with Gasteiger partial charge in [0.25, 0.3) is 0 Å². The van der Waals surface area contributed by atoms with E-state index in [0.29, 0.717) is 0 Å². The van der Waals surface area contributed by atoms with Crippen molar-refractivity contribution in [2.24, 2.45) is 11.7 Å². The van der Waals surface area contributed by atoms with Crippen LogP contribution in [0, 0.1) is 12.8 Å². The maximum atomic E-state index is 12.0. The van der Waals surface area contributed by atoms with Gasteiger partial charge in [0.2, 0.25) is 5.91 Å². The molecule has 1 amide bonds. The molecule has 19 heavy (non-hydrogen) atoms. The van der Waals surface area contributed by atoms with Gasteiger partial charge in [-0.3, -0.25) is 4.79 Å². The van der Waals surface area contributed by atoms with E-state index < -0.39 is 0 Å². The zero-order chi connectivity index (χ0) is 14.4. The Morgan fingerprint density at radius 1 is 1.42 bits per heavy atom. The summed E-state index contributed by atoms with van der Waals surface area (Å²) in [6, 6.07) is 0.203. The van der Waals surface area contributed by atoms with Crippen LogP contribution in [-0.4, -0.2) is 16.9 Å². The van der Waals surface area contributed by atoms with Gasteiger partial charge >= 0.3 is 0 Å². The topological polar surface area (TPSA) is 68.0 Å². The van der Waals surface area contributed by atoms with Gasteiger partial charge in [-0.2, -0.15) is 0 Å². The van der Waals surface area contributed by atoms with Crippen LogP contribution in [0.4, 0.5) is 0 Å². The molecule has 5 heteroatoms. The SMILES string of the molecule is Cc1csc(C(C)NC(=O)C(C)CCCC(C)N)n1. The highest BCUT2D eigenvalue weighted by Gasteiger charge is 2.17. The molecule has 0 aliphatic rings. The van der Waals surface area contributed by atoms with Crippen LogP contribution < -0.4 is 11.1 Å². The molecule has 1 heterocycles. The van der Waals surface area contributed by atoms with E-state index in [-0.39, 0.29) is 23.9 Å². The second kappa shape index (κ2) is 7.60. The van der Waals surface area contributed by atoms with Crippen molar-refractivity contribution in [2.45, 2.75) is 59.0 Å². The summed E-state index contributed by atoms with van der Waals surface area (Å²) < 4.78 is 0. The summed E-state index contributed by atoms with van der Waals surface area (Å²) in [6.07, 6.45) is 2.85. The minimum absolute atomic E-state index is 0.0120. The Kier molecular flexibility index (Phi) is 6.45. The van der Waals surface area contributed by atoms with Crippen LogP contribution in [-0.2, 0) is 4.79 Å². The van der Waals surface area contributed by atoms with Crippen molar-refractivity contribution in [1.29, 1.82) is 0 Å². The van der Waals surface area contributed by atoms with Crippen molar-refractivity contribution < 1.29 is 4.79 Å². The van der Waals surface area contributed by atoms with Gasteiger partial charge in [0.1, 0.15) is 5.01 Å². The number of carbonyl (C=O) groups excluding carboxylic acids is 1. The van der Waals surface area contributed by atoms with E-state index >= 15 is 0 Å². The lowest BCUT2D eigenvalue weighted by molar-refractivity contribution is -0.125. The van der Waals surface area contributed by atoms with E-state index in [0.717, 1.165) is 30.0 Å². The summed E-state index contributed by atoms with van der Waals surface area (Å²) in [5, 5.41) is 6.00. The standard InChI is InChI=1S/C14H25N3OS/c1-9(6-5-7-10(2)15)13(18)17-12(4)14-16-11(3)8-19-14/h8-10,12H,5-7,15H2,1-4H3,(H,17,18). The normalized spacial score (nSPS) is 15.8. The number of amides is 1. The van der Waals surface area contributed by atoms with Gasteiger partial charge in [0.05, 0.1) is 6.04 Å². The first-order valence-electron chi connectivity index (χ1n) is 6.88. The number of nitrogens with two attached hydrogens (primary N) is 1. The molecule has 0 saturated carbocycles. The number of aryl methyl sites for hydroxylation is 1. The minimum atomic E-state index is -0.0120. The molecule has 0 fully saturated rings. The highest BCUT2D eigenvalue weighted by Crippen LogP contribution is 2.18. The maximum Gasteiger partial charge on any atom is 0.223 e. The fraction of sp³-hybridized carbons (Fsp3) is 0.714. The Morgan fingerprint density at radius 2 is 2.11 bits per heavy atom. The van der Waals surface area contributed by atoms with Gasteiger partial charge < -0.3 is 11.1 Å². The smallest absolute Gasteiger partial charge is 0.223 e. The van der Waals surface area contributed by atoms with Crippen molar-refractivity contribution >= 4 is 17.2 Å². The van der Waals surface area contributed by atoms with Crippen LogP contribution in [0.3, 0.4) is 0 Å². The van der Waals surface area contributed by atoms with Crippen LogP contribution in [0.15, 0.2) is 5.38 Å². The van der Waals surface area contributed by atoms with Crippen molar-refractivity contribution in [3.05, 3.63) is 16.1 Å². The lowest BCUT2D eigenvalue weighted by atomic mass is 10.0. The average molecular weight is 283 g/mol. The molecule has 4 nitrogen and oxygen atoms in total. The Balaban J connectivity index is 2.37. The van der Waals surface area contributed by atoms with Crippen LogP contribution in [0.2, 0.25) is 0 Å². The third-order valence-corrected chi connectivity index (χ3v) is 4.26. The number of aromatic nitrogens is 1. The first-order valence-corrected chi connectivity index (χ1v) is 7.76. The number of nitrogens with one attached hydrogen (secondary N) is 1. The molecule has 1 rings (SSSR count). The van der Waals surface area contributed by atoms with E-state index in [9.17, 15) is 4.79 Å². The second-order valence-corrected chi connectivity index (χ2v) is 6.26. The summed E-state index contributed by atoms with van der Waals surface area (Å²) in [5.41, 5.74) is 6.71. The summed E-state index contributed by atoms with van der Waals surface area (Å²) in [4.78, 5) is 16.4. The van der Waals surface area contributed by atoms with Crippen molar-refractivity contribution in [3.8, 4) is 0 Å². The zero-order valence-corrected chi connectivity index (χ0v) is 13.1. The molecule has 0 spiro atoms. The Labute approximate surface area is 119 Å². The maximum absolute atomic E-state index is 12.0. The monoisotopic (exact) mass is 283 g/mol. The van der Waals surface area contributed by atoms with Crippen LogP contribution >= 0.6 is 11.3 Å². The van der Waals surface area contributed by atoms with Crippen molar-refractivity contribution in [1.82, 2.24) is 10.3 Å². The molecule has 3 unspecified atom stereocenters. The summed E-state index contributed by atoms with van der Waals surface area (Å²) in [6.45, 7) is 7.91. The molecule has 0 aliphatic heterocycles. The Bertz CT molecular complexity index is 403. The van der Waals surface area contributed by atoms with E-state index in [1.54, 1.807) is 11.3 Å². The average Bonchev–Trinajstić information content (AvgIpc) is 2.75.